The summed E-state index contributed by atoms with van der Waals surface area (Å²) in [5, 5.41) is -2.46. The summed E-state index contributed by atoms with van der Waals surface area (Å²) in [4.78, 5) is 0.972. The van der Waals surface area contributed by atoms with Crippen LogP contribution in [0.5, 0.6) is 0 Å². The number of rotatable bonds is 8. The molecule has 2 heterocycles. The first kappa shape index (κ1) is 17.8. The Morgan fingerprint density at radius 2 is 1.12 bits per heavy atom. The van der Waals surface area contributed by atoms with Gasteiger partial charge in [0.1, 0.15) is 11.2 Å². The highest BCUT2D eigenvalue weighted by atomic mass is 16.3. The zero-order valence-corrected chi connectivity index (χ0v) is 34.0. The number of anilines is 3. The van der Waals surface area contributed by atoms with Gasteiger partial charge in [-0.3, -0.25) is 0 Å². The summed E-state index contributed by atoms with van der Waals surface area (Å²) < 4.78 is 307. The van der Waals surface area contributed by atoms with Crippen LogP contribution in [0.25, 0.3) is 105 Å². The predicted molar refractivity (Wildman–Crippen MR) is 282 cm³/mol. The molecule has 314 valence electrons. The Morgan fingerprint density at radius 3 is 2.01 bits per heavy atom. The fraction of sp³-hybridized carbons (Fsp3) is 0. The van der Waals surface area contributed by atoms with Gasteiger partial charge >= 0.3 is 0 Å². The summed E-state index contributed by atoms with van der Waals surface area (Å²) in [6.45, 7) is 0. The van der Waals surface area contributed by atoms with E-state index in [1.54, 1.807) is 0 Å². The van der Waals surface area contributed by atoms with Crippen molar-refractivity contribution in [3.63, 3.8) is 0 Å². The molecule has 0 saturated carbocycles. The molecule has 11 aromatic carbocycles. The summed E-state index contributed by atoms with van der Waals surface area (Å²) in [6.07, 6.45) is 0. The summed E-state index contributed by atoms with van der Waals surface area (Å²) in [7, 11) is 0. The van der Waals surface area contributed by atoms with Crippen molar-refractivity contribution in [1.82, 2.24) is 4.57 Å². The smallest absolute Gasteiger partial charge is 0.136 e. The van der Waals surface area contributed by atoms with Gasteiger partial charge in [0.15, 0.2) is 0 Å². The van der Waals surface area contributed by atoms with Crippen LogP contribution >= 0.6 is 0 Å². The van der Waals surface area contributed by atoms with E-state index in [9.17, 15) is 17.8 Å². The van der Waals surface area contributed by atoms with E-state index in [0.717, 1.165) is 45.9 Å². The molecule has 0 aliphatic rings. The average Bonchev–Trinajstić information content (AvgIpc) is 1.49. The number of hydrogen-bond donors (Lipinski definition) is 0. The van der Waals surface area contributed by atoms with Crippen LogP contribution in [0.15, 0.2) is 258 Å². The van der Waals surface area contributed by atoms with Crippen LogP contribution in [0.1, 0.15) is 45.2 Å². The van der Waals surface area contributed by atoms with Gasteiger partial charge in [0, 0.05) is 44.2 Å². The topological polar surface area (TPSA) is 21.3 Å². The SMILES string of the molecule is [2H]c1cc(N(c2cc([2H])c(-c3c([2H])c([2H])c([2H])c([2H])c3[2H])c([2H])c2)c2c([2H])c([2H])c3oc4c([2H])c(-c5c([2H])c([2H])c([2H])c6c5c5cc([2H])c([2H])c([2H])c5n6-c5c([2H])c([2H])c([2H])c([2H])c5[2H])cc([2H])c4c3c2[2H])c(-c2cccc([2H])c2[2H])cc1-c1c([2H])c([2H])c([2H])c2c([2H])c([2H])c([2H])c([2H])c12. The molecule has 0 aliphatic heterocycles. The van der Waals surface area contributed by atoms with Crippen LogP contribution in [0.2, 0.25) is 0 Å². The van der Waals surface area contributed by atoms with Crippen molar-refractivity contribution < 1.29 is 49.7 Å². The first-order valence-corrected chi connectivity index (χ1v) is 20.2. The Bertz CT molecular complexity index is 5890. The lowest BCUT2D eigenvalue weighted by atomic mass is 9.93. The molecule has 67 heavy (non-hydrogen) atoms. The molecule has 0 fully saturated rings. The van der Waals surface area contributed by atoms with E-state index < -0.39 is 294 Å². The largest absolute Gasteiger partial charge is 0.456 e. The van der Waals surface area contributed by atoms with Crippen molar-refractivity contribution >= 4 is 71.6 Å². The molecule has 13 aromatic rings. The van der Waals surface area contributed by atoms with Crippen molar-refractivity contribution in [2.45, 2.75) is 0 Å². The van der Waals surface area contributed by atoms with Gasteiger partial charge < -0.3 is 13.9 Å². The van der Waals surface area contributed by atoms with Crippen molar-refractivity contribution in [2.75, 3.05) is 4.90 Å². The summed E-state index contributed by atoms with van der Waals surface area (Å²) in [5.41, 5.74) is -7.71. The molecule has 0 aliphatic carbocycles. The lowest BCUT2D eigenvalue weighted by molar-refractivity contribution is 0.669. The zero-order valence-electron chi connectivity index (χ0n) is 67.0. The molecular weight excluding hydrogens is 813 g/mol. The van der Waals surface area contributed by atoms with E-state index >= 15 is 0 Å². The second-order valence-electron chi connectivity index (χ2n) is 14.7. The predicted octanol–water partition coefficient (Wildman–Crippen LogP) is 18.0. The van der Waals surface area contributed by atoms with Gasteiger partial charge in [-0.15, -0.1) is 0 Å². The molecule has 0 saturated heterocycles. The van der Waals surface area contributed by atoms with Crippen LogP contribution in [0.3, 0.4) is 0 Å². The first-order valence-electron chi connectivity index (χ1n) is 36.7. The number of hydrogen-bond acceptors (Lipinski definition) is 2. The highest BCUT2D eigenvalue weighted by Gasteiger charge is 2.22. The Labute approximate surface area is 435 Å². The Balaban J connectivity index is 1.16. The van der Waals surface area contributed by atoms with Gasteiger partial charge in [0.05, 0.1) is 62.0 Å². The summed E-state index contributed by atoms with van der Waals surface area (Å²) in [5.74, 6) is 0. The third-order valence-corrected chi connectivity index (χ3v) is 11.0. The van der Waals surface area contributed by atoms with Crippen molar-refractivity contribution in [3.05, 3.63) is 254 Å². The van der Waals surface area contributed by atoms with Gasteiger partial charge in [-0.25, -0.2) is 0 Å². The second-order valence-corrected chi connectivity index (χ2v) is 14.7. The van der Waals surface area contributed by atoms with E-state index in [1.165, 1.54) is 18.2 Å². The van der Waals surface area contributed by atoms with Crippen LogP contribution in [-0.4, -0.2) is 4.57 Å². The number of benzene rings is 11. The van der Waals surface area contributed by atoms with Gasteiger partial charge in [0.2, 0.25) is 0 Å². The minimum absolute atomic E-state index is 0.201. The third kappa shape index (κ3) is 6.59. The Hall–Kier alpha value is -8.92. The number of nitrogens with zero attached hydrogens (tertiary/aromatic N) is 2. The zero-order chi connectivity index (χ0) is 73.0. The Morgan fingerprint density at radius 1 is 0.388 bits per heavy atom. The molecule has 0 bridgehead atoms. The van der Waals surface area contributed by atoms with Crippen molar-refractivity contribution in [1.29, 1.82) is 0 Å². The van der Waals surface area contributed by atoms with E-state index in [2.05, 4.69) is 0 Å². The Kier molecular flexibility index (Phi) is 4.24. The van der Waals surface area contributed by atoms with Gasteiger partial charge in [0.25, 0.3) is 0 Å². The maximum Gasteiger partial charge on any atom is 0.136 e. The maximum atomic E-state index is 10.3. The van der Waals surface area contributed by atoms with Crippen LogP contribution in [0.4, 0.5) is 17.1 Å². The molecule has 0 N–H and O–H groups in total. The minimum Gasteiger partial charge on any atom is -0.456 e. The summed E-state index contributed by atoms with van der Waals surface area (Å²) in [6, 6.07) is -15.5. The lowest BCUT2D eigenvalue weighted by Gasteiger charge is -2.29. The molecule has 0 unspecified atom stereocenters. The quantitative estimate of drug-likeness (QED) is 0.152. The maximum absolute atomic E-state index is 10.3. The molecule has 0 atom stereocenters. The van der Waals surface area contributed by atoms with Crippen molar-refractivity contribution in [3.8, 4) is 50.2 Å². The van der Waals surface area contributed by atoms with Crippen LogP contribution < -0.4 is 4.90 Å². The monoisotopic (exact) mass is 888 g/mol. The van der Waals surface area contributed by atoms with Crippen LogP contribution in [-0.2, 0) is 0 Å². The molecule has 0 amide bonds. The van der Waals surface area contributed by atoms with Crippen LogP contribution in [0, 0.1) is 0 Å². The molecule has 0 spiro atoms. The normalized spacial score (nSPS) is 18.5. The lowest BCUT2D eigenvalue weighted by Crippen LogP contribution is -2.11. The number of aromatic nitrogens is 1. The molecule has 3 heteroatoms. The van der Waals surface area contributed by atoms with Gasteiger partial charge in [-0.1, -0.05) is 175 Å². The number of para-hydroxylation sites is 2. The highest BCUT2D eigenvalue weighted by molar-refractivity contribution is 6.17. The number of fused-ring (bicyclic) bond motifs is 7. The van der Waals surface area contributed by atoms with Gasteiger partial charge in [-0.05, 0) is 128 Å². The van der Waals surface area contributed by atoms with E-state index in [4.69, 9.17) is 31.8 Å². The van der Waals surface area contributed by atoms with Crippen molar-refractivity contribution in [2.24, 2.45) is 0 Å². The van der Waals surface area contributed by atoms with E-state index in [0.29, 0.717) is 0 Å². The molecule has 13 rings (SSSR count). The fourth-order valence-electron chi connectivity index (χ4n) is 8.07. The fourth-order valence-corrected chi connectivity index (χ4v) is 8.07. The summed E-state index contributed by atoms with van der Waals surface area (Å²) >= 11 is 0. The number of furan rings is 1. The van der Waals surface area contributed by atoms with Gasteiger partial charge in [-0.2, -0.15) is 0 Å². The third-order valence-electron chi connectivity index (χ3n) is 11.0. The van der Waals surface area contributed by atoms with E-state index in [1.807, 2.05) is 0 Å². The highest BCUT2D eigenvalue weighted by Crippen LogP contribution is 2.46. The molecule has 2 aromatic heterocycles. The molecule has 3 nitrogen and oxygen atoms in total. The van der Waals surface area contributed by atoms with E-state index in [-0.39, 0.29) is 27.5 Å². The standard InChI is InChI=1S/C64H42N2O/c1-4-16-43(17-5-1)44-30-34-50(35-31-44)65(60-38-33-47(40-57(60)46-18-6-2-7-19-46)53-26-14-21-45-20-10-11-24-52(45)53)51-36-39-62-58(42-51)55-37-32-48(41-63(55)67-62)54-27-15-29-61-64(54)56-25-12-13-28-59(56)66(61)49-22-8-3-9-23-49/h1-42H/i1D,3D,4D,5D,6D,8D,9D,10D,11D,12D,13D,14D,15D,16D,17D,18D,20D,21D,22D,23D,24D,26D,27D,28D,29D,30D,31D,33D,36D,37D,39D,41D,42D. The minimum atomic E-state index is -0.948. The molecule has 0 radical (unpaired) electrons. The average molecular weight is 888 g/mol. The first-order chi connectivity index (χ1) is 46.9. The molecular formula is C64H42N2O. The second kappa shape index (κ2) is 16.0.